The van der Waals surface area contributed by atoms with Crippen molar-refractivity contribution in [3.8, 4) is 11.5 Å². The van der Waals surface area contributed by atoms with E-state index >= 15 is 0 Å². The Morgan fingerprint density at radius 1 is 1.19 bits per heavy atom. The van der Waals surface area contributed by atoms with E-state index in [-0.39, 0.29) is 23.6 Å². The van der Waals surface area contributed by atoms with Crippen molar-refractivity contribution in [2.24, 2.45) is 0 Å². The summed E-state index contributed by atoms with van der Waals surface area (Å²) in [6, 6.07) is 12.3. The Labute approximate surface area is 219 Å². The molecule has 1 amide bonds. The Bertz CT molecular complexity index is 1450. The third kappa shape index (κ3) is 4.61. The molecule has 11 heteroatoms. The minimum atomic E-state index is -3.31. The molecule has 0 spiro atoms. The average Bonchev–Trinajstić information content (AvgIpc) is 3.16. The first-order valence-corrected chi connectivity index (χ1v) is 14.8. The summed E-state index contributed by atoms with van der Waals surface area (Å²) in [5, 5.41) is 13.7. The van der Waals surface area contributed by atoms with Crippen LogP contribution < -0.4 is 14.8 Å². The summed E-state index contributed by atoms with van der Waals surface area (Å²) < 4.78 is 34.7. The lowest BCUT2D eigenvalue weighted by molar-refractivity contribution is -0.118. The number of anilines is 1. The van der Waals surface area contributed by atoms with Crippen LogP contribution in [0.1, 0.15) is 41.3 Å². The number of carbonyl (C=O) groups is 1. The number of likely N-dealkylation sites (tertiary alicyclic amines) is 1. The fraction of sp³-hybridized carbons (Fsp3) is 0.385. The normalized spacial score (nSPS) is 21.1. The van der Waals surface area contributed by atoms with Gasteiger partial charge in [0.1, 0.15) is 0 Å². The third-order valence-corrected chi connectivity index (χ3v) is 9.40. The predicted octanol–water partition coefficient (Wildman–Crippen LogP) is 3.10. The van der Waals surface area contributed by atoms with Gasteiger partial charge in [0.25, 0.3) is 0 Å². The number of thiazole rings is 1. The number of nitrogens with zero attached hydrogens (tertiary/aromatic N) is 2. The zero-order valence-corrected chi connectivity index (χ0v) is 21.8. The van der Waals surface area contributed by atoms with Crippen molar-refractivity contribution in [3.63, 3.8) is 0 Å². The average molecular weight is 542 g/mol. The van der Waals surface area contributed by atoms with Gasteiger partial charge in [-0.25, -0.2) is 13.4 Å². The third-order valence-electron chi connectivity index (χ3n) is 7.31. The summed E-state index contributed by atoms with van der Waals surface area (Å²) in [6.45, 7) is 1.39. The maximum absolute atomic E-state index is 13.4. The lowest BCUT2D eigenvalue weighted by Gasteiger charge is -2.27. The van der Waals surface area contributed by atoms with E-state index in [1.807, 2.05) is 30.3 Å². The summed E-state index contributed by atoms with van der Waals surface area (Å²) in [4.78, 5) is 21.2. The van der Waals surface area contributed by atoms with E-state index in [0.717, 1.165) is 28.8 Å². The number of hydrogen-bond donors (Lipinski definition) is 2. The maximum atomic E-state index is 13.4. The van der Waals surface area contributed by atoms with E-state index < -0.39 is 21.4 Å². The Kier molecular flexibility index (Phi) is 5.98. The standard InChI is InChI=1S/C26H27N3O6S2/c1-37(32,33)19-5-2-16(3-6-19)23(29-11-8-18(30)14-29)22-13-27-25(36-22)28-24(31)26(9-10-26)17-4-7-20-21(12-17)35-15-34-20/h2-7,12-13,18,23,30H,8-11,14-15H2,1H3,(H,27,28,31)/t18-,23?/m1/s1. The van der Waals surface area contributed by atoms with Crippen LogP contribution in [-0.4, -0.2) is 61.6 Å². The second-order valence-electron chi connectivity index (χ2n) is 9.85. The number of β-amino-alcohol motifs (C(OH)–C–C–N with tert-alkyl or cyclic N) is 1. The molecule has 1 aliphatic carbocycles. The molecule has 1 saturated carbocycles. The SMILES string of the molecule is CS(=O)(=O)c1ccc(C(c2cnc(NC(=O)C3(c4ccc5c(c4)OCO5)CC3)s2)N2CC[C@@H](O)C2)cc1. The van der Waals surface area contributed by atoms with Crippen molar-refractivity contribution in [3.05, 3.63) is 64.7 Å². The van der Waals surface area contributed by atoms with Crippen molar-refractivity contribution in [1.29, 1.82) is 0 Å². The quantitative estimate of drug-likeness (QED) is 0.469. The molecule has 0 bridgehead atoms. The van der Waals surface area contributed by atoms with Gasteiger partial charge in [0.15, 0.2) is 26.5 Å². The smallest absolute Gasteiger partial charge is 0.236 e. The van der Waals surface area contributed by atoms with Crippen LogP contribution in [0.4, 0.5) is 5.13 Å². The van der Waals surface area contributed by atoms with Crippen LogP contribution in [0.2, 0.25) is 0 Å². The number of hydrogen-bond acceptors (Lipinski definition) is 9. The molecule has 194 valence electrons. The molecule has 2 N–H and O–H groups in total. The number of benzene rings is 2. The number of rotatable bonds is 7. The van der Waals surface area contributed by atoms with Gasteiger partial charge in [-0.2, -0.15) is 0 Å². The molecule has 2 aliphatic heterocycles. The molecule has 37 heavy (non-hydrogen) atoms. The van der Waals surface area contributed by atoms with Gasteiger partial charge < -0.3 is 19.9 Å². The molecule has 6 rings (SSSR count). The minimum Gasteiger partial charge on any atom is -0.454 e. The largest absolute Gasteiger partial charge is 0.454 e. The van der Waals surface area contributed by atoms with Gasteiger partial charge in [0, 0.05) is 30.4 Å². The van der Waals surface area contributed by atoms with Crippen LogP contribution >= 0.6 is 11.3 Å². The van der Waals surface area contributed by atoms with E-state index in [1.54, 1.807) is 18.3 Å². The molecular formula is C26H27N3O6S2. The lowest BCUT2D eigenvalue weighted by atomic mass is 9.94. The number of fused-ring (bicyclic) bond motifs is 1. The Morgan fingerprint density at radius 2 is 1.95 bits per heavy atom. The maximum Gasteiger partial charge on any atom is 0.236 e. The highest BCUT2D eigenvalue weighted by Crippen LogP contribution is 2.51. The van der Waals surface area contributed by atoms with Crippen LogP contribution in [0, 0.1) is 0 Å². The second-order valence-corrected chi connectivity index (χ2v) is 12.9. The van der Waals surface area contributed by atoms with E-state index in [4.69, 9.17) is 9.47 Å². The number of nitrogens with one attached hydrogen (secondary N) is 1. The number of aliphatic hydroxyl groups is 1. The van der Waals surface area contributed by atoms with Crippen LogP contribution in [-0.2, 0) is 20.0 Å². The molecule has 2 fully saturated rings. The minimum absolute atomic E-state index is 0.0992. The van der Waals surface area contributed by atoms with Crippen LogP contribution in [0.3, 0.4) is 0 Å². The molecule has 9 nitrogen and oxygen atoms in total. The van der Waals surface area contributed by atoms with Crippen LogP contribution in [0.15, 0.2) is 53.6 Å². The monoisotopic (exact) mass is 541 g/mol. The fourth-order valence-electron chi connectivity index (χ4n) is 5.11. The van der Waals surface area contributed by atoms with Gasteiger partial charge in [0.2, 0.25) is 12.7 Å². The van der Waals surface area contributed by atoms with Crippen LogP contribution in [0.25, 0.3) is 0 Å². The summed E-state index contributed by atoms with van der Waals surface area (Å²) in [5.41, 5.74) is 1.20. The Morgan fingerprint density at radius 3 is 2.62 bits per heavy atom. The summed E-state index contributed by atoms with van der Waals surface area (Å²) in [5.74, 6) is 1.25. The van der Waals surface area contributed by atoms with Gasteiger partial charge in [-0.3, -0.25) is 9.69 Å². The topological polar surface area (TPSA) is 118 Å². The number of ether oxygens (including phenoxy) is 2. The van der Waals surface area contributed by atoms with Gasteiger partial charge >= 0.3 is 0 Å². The fourth-order valence-corrected chi connectivity index (χ4v) is 6.71. The summed E-state index contributed by atoms with van der Waals surface area (Å²) in [7, 11) is -3.31. The molecule has 3 heterocycles. The lowest BCUT2D eigenvalue weighted by Crippen LogP contribution is -2.28. The van der Waals surface area contributed by atoms with Gasteiger partial charge in [-0.15, -0.1) is 0 Å². The molecule has 1 saturated heterocycles. The molecule has 3 aliphatic rings. The van der Waals surface area contributed by atoms with E-state index in [0.29, 0.717) is 36.1 Å². The van der Waals surface area contributed by atoms with Crippen LogP contribution in [0.5, 0.6) is 11.5 Å². The zero-order valence-electron chi connectivity index (χ0n) is 20.2. The highest BCUT2D eigenvalue weighted by Gasteiger charge is 2.52. The number of aromatic nitrogens is 1. The molecular weight excluding hydrogens is 514 g/mol. The zero-order chi connectivity index (χ0) is 25.8. The van der Waals surface area contributed by atoms with Crippen molar-refractivity contribution < 1.29 is 27.8 Å². The molecule has 2 aromatic carbocycles. The Balaban J connectivity index is 1.25. The van der Waals surface area contributed by atoms with Crippen molar-refractivity contribution in [2.45, 2.75) is 41.7 Å². The van der Waals surface area contributed by atoms with Crippen molar-refractivity contribution >= 4 is 32.2 Å². The predicted molar refractivity (Wildman–Crippen MR) is 138 cm³/mol. The first-order chi connectivity index (χ1) is 17.7. The second kappa shape index (κ2) is 9.09. The highest BCUT2D eigenvalue weighted by molar-refractivity contribution is 7.90. The van der Waals surface area contributed by atoms with E-state index in [1.165, 1.54) is 17.6 Å². The van der Waals surface area contributed by atoms with Gasteiger partial charge in [0.05, 0.1) is 22.5 Å². The number of aliphatic hydroxyl groups excluding tert-OH is 1. The van der Waals surface area contributed by atoms with E-state index in [9.17, 15) is 18.3 Å². The van der Waals surface area contributed by atoms with Gasteiger partial charge in [-0.1, -0.05) is 29.5 Å². The number of amides is 1. The Hall–Kier alpha value is -2.99. The summed E-state index contributed by atoms with van der Waals surface area (Å²) >= 11 is 1.39. The molecule has 1 unspecified atom stereocenters. The first-order valence-electron chi connectivity index (χ1n) is 12.1. The molecule has 3 aromatic rings. The summed E-state index contributed by atoms with van der Waals surface area (Å²) in [6.07, 6.45) is 4.68. The van der Waals surface area contributed by atoms with Crippen molar-refractivity contribution in [2.75, 3.05) is 31.5 Å². The molecule has 2 atom stereocenters. The highest BCUT2D eigenvalue weighted by atomic mass is 32.2. The molecule has 1 aromatic heterocycles. The van der Waals surface area contributed by atoms with E-state index in [2.05, 4.69) is 15.2 Å². The number of carbonyl (C=O) groups excluding carboxylic acids is 1. The first kappa shape index (κ1) is 24.4. The number of sulfone groups is 1. The van der Waals surface area contributed by atoms with Crippen molar-refractivity contribution in [1.82, 2.24) is 9.88 Å². The molecule has 0 radical (unpaired) electrons. The van der Waals surface area contributed by atoms with Gasteiger partial charge in [-0.05, 0) is 54.7 Å².